The van der Waals surface area contributed by atoms with E-state index < -0.39 is 5.60 Å². The van der Waals surface area contributed by atoms with Crippen LogP contribution in [0.2, 0.25) is 10.0 Å². The number of anilines is 1. The van der Waals surface area contributed by atoms with Crippen LogP contribution in [0, 0.1) is 0 Å². The van der Waals surface area contributed by atoms with Crippen molar-refractivity contribution in [2.45, 2.75) is 37.7 Å². The molecule has 0 amide bonds. The van der Waals surface area contributed by atoms with Gasteiger partial charge in [-0.3, -0.25) is 0 Å². The van der Waals surface area contributed by atoms with Gasteiger partial charge in [-0.1, -0.05) is 48.5 Å². The fraction of sp³-hybridized carbons (Fsp3) is 0.538. The van der Waals surface area contributed by atoms with Crippen molar-refractivity contribution in [2.24, 2.45) is 0 Å². The summed E-state index contributed by atoms with van der Waals surface area (Å²) in [6, 6.07) is 5.48. The van der Waals surface area contributed by atoms with Crippen molar-refractivity contribution in [3.05, 3.63) is 28.2 Å². The van der Waals surface area contributed by atoms with E-state index in [0.717, 1.165) is 31.4 Å². The monoisotopic (exact) mass is 273 g/mol. The molecule has 1 fully saturated rings. The third kappa shape index (κ3) is 3.27. The molecule has 0 atom stereocenters. The van der Waals surface area contributed by atoms with Crippen LogP contribution < -0.4 is 5.32 Å². The Morgan fingerprint density at radius 1 is 1.18 bits per heavy atom. The van der Waals surface area contributed by atoms with E-state index in [0.29, 0.717) is 16.6 Å². The van der Waals surface area contributed by atoms with Gasteiger partial charge >= 0.3 is 0 Å². The first-order valence-corrected chi connectivity index (χ1v) is 6.77. The average Bonchev–Trinajstić information content (AvgIpc) is 2.32. The molecule has 1 aliphatic rings. The van der Waals surface area contributed by atoms with E-state index in [1.807, 2.05) is 12.1 Å². The van der Waals surface area contributed by atoms with E-state index in [4.69, 9.17) is 23.2 Å². The van der Waals surface area contributed by atoms with Crippen molar-refractivity contribution in [1.29, 1.82) is 0 Å². The SMILES string of the molecule is OC1(CNc2cccc(Cl)c2Cl)CCCCC1. The molecule has 0 unspecified atom stereocenters. The first-order valence-electron chi connectivity index (χ1n) is 6.01. The normalized spacial score (nSPS) is 19.0. The van der Waals surface area contributed by atoms with Crippen LogP contribution in [0.15, 0.2) is 18.2 Å². The highest BCUT2D eigenvalue weighted by Crippen LogP contribution is 2.32. The predicted molar refractivity (Wildman–Crippen MR) is 73.0 cm³/mol. The van der Waals surface area contributed by atoms with Crippen molar-refractivity contribution in [1.82, 2.24) is 0 Å². The Morgan fingerprint density at radius 2 is 1.88 bits per heavy atom. The zero-order chi connectivity index (χ0) is 12.3. The van der Waals surface area contributed by atoms with Crippen molar-refractivity contribution in [3.63, 3.8) is 0 Å². The summed E-state index contributed by atoms with van der Waals surface area (Å²) < 4.78 is 0. The number of nitrogens with one attached hydrogen (secondary N) is 1. The maximum Gasteiger partial charge on any atom is 0.0823 e. The lowest BCUT2D eigenvalue weighted by Crippen LogP contribution is -2.38. The Kier molecular flexibility index (Phi) is 4.18. The summed E-state index contributed by atoms with van der Waals surface area (Å²) in [6.07, 6.45) is 5.14. The van der Waals surface area contributed by atoms with Crippen LogP contribution in [0.1, 0.15) is 32.1 Å². The molecule has 1 saturated carbocycles. The van der Waals surface area contributed by atoms with Gasteiger partial charge in [0.25, 0.3) is 0 Å². The number of halogens is 2. The minimum absolute atomic E-state index is 0.522. The Balaban J connectivity index is 1.99. The van der Waals surface area contributed by atoms with E-state index >= 15 is 0 Å². The van der Waals surface area contributed by atoms with Gasteiger partial charge in [0, 0.05) is 6.54 Å². The highest BCUT2D eigenvalue weighted by molar-refractivity contribution is 6.43. The maximum atomic E-state index is 10.4. The van der Waals surface area contributed by atoms with E-state index in [1.165, 1.54) is 6.42 Å². The highest BCUT2D eigenvalue weighted by Gasteiger charge is 2.28. The standard InChI is InChI=1S/C13H17Cl2NO/c14-10-5-4-6-11(12(10)15)16-9-13(17)7-2-1-3-8-13/h4-6,16-17H,1-3,7-9H2. The molecule has 4 heteroatoms. The van der Waals surface area contributed by atoms with Gasteiger partial charge in [0.1, 0.15) is 0 Å². The average molecular weight is 274 g/mol. The van der Waals surface area contributed by atoms with Gasteiger partial charge in [-0.25, -0.2) is 0 Å². The van der Waals surface area contributed by atoms with Crippen LogP contribution in [0.25, 0.3) is 0 Å². The molecule has 1 aromatic rings. The van der Waals surface area contributed by atoms with Crippen molar-refractivity contribution in [3.8, 4) is 0 Å². The van der Waals surface area contributed by atoms with Crippen LogP contribution in [-0.4, -0.2) is 17.3 Å². The van der Waals surface area contributed by atoms with Gasteiger partial charge in [-0.2, -0.15) is 0 Å². The van der Waals surface area contributed by atoms with Crippen LogP contribution >= 0.6 is 23.2 Å². The molecule has 0 saturated heterocycles. The summed E-state index contributed by atoms with van der Waals surface area (Å²) in [4.78, 5) is 0. The predicted octanol–water partition coefficient (Wildman–Crippen LogP) is 4.10. The number of hydrogen-bond acceptors (Lipinski definition) is 2. The van der Waals surface area contributed by atoms with Crippen LogP contribution in [0.4, 0.5) is 5.69 Å². The van der Waals surface area contributed by atoms with Crippen molar-refractivity contribution in [2.75, 3.05) is 11.9 Å². The van der Waals surface area contributed by atoms with Gasteiger partial charge in [-0.15, -0.1) is 0 Å². The van der Waals surface area contributed by atoms with Crippen molar-refractivity contribution < 1.29 is 5.11 Å². The van der Waals surface area contributed by atoms with Gasteiger partial charge in [0.15, 0.2) is 0 Å². The molecular formula is C13H17Cl2NO. The zero-order valence-electron chi connectivity index (χ0n) is 9.68. The lowest BCUT2D eigenvalue weighted by molar-refractivity contribution is 0.0167. The summed E-state index contributed by atoms with van der Waals surface area (Å²) >= 11 is 12.0. The van der Waals surface area contributed by atoms with Gasteiger partial charge in [0.05, 0.1) is 21.3 Å². The number of aliphatic hydroxyl groups is 1. The lowest BCUT2D eigenvalue weighted by atomic mass is 9.85. The van der Waals surface area contributed by atoms with Crippen LogP contribution in [-0.2, 0) is 0 Å². The summed E-state index contributed by atoms with van der Waals surface area (Å²) in [6.45, 7) is 0.535. The number of benzene rings is 1. The fourth-order valence-corrected chi connectivity index (χ4v) is 2.65. The molecule has 0 heterocycles. The molecule has 2 N–H and O–H groups in total. The first kappa shape index (κ1) is 13.0. The smallest absolute Gasteiger partial charge is 0.0823 e. The summed E-state index contributed by atoms with van der Waals surface area (Å²) in [7, 11) is 0. The van der Waals surface area contributed by atoms with Crippen molar-refractivity contribution >= 4 is 28.9 Å². The van der Waals surface area contributed by atoms with Gasteiger partial charge < -0.3 is 10.4 Å². The molecule has 94 valence electrons. The van der Waals surface area contributed by atoms with E-state index in [2.05, 4.69) is 5.32 Å². The zero-order valence-corrected chi connectivity index (χ0v) is 11.2. The van der Waals surface area contributed by atoms with Gasteiger partial charge in [0.2, 0.25) is 0 Å². The summed E-state index contributed by atoms with van der Waals surface area (Å²) in [5.41, 5.74) is 0.197. The fourth-order valence-electron chi connectivity index (χ4n) is 2.29. The maximum absolute atomic E-state index is 10.4. The first-order chi connectivity index (χ1) is 8.11. The van der Waals surface area contributed by atoms with Crippen LogP contribution in [0.5, 0.6) is 0 Å². The van der Waals surface area contributed by atoms with Gasteiger partial charge in [-0.05, 0) is 25.0 Å². The Morgan fingerprint density at radius 3 is 2.59 bits per heavy atom. The molecule has 0 bridgehead atoms. The third-order valence-corrected chi connectivity index (χ3v) is 4.16. The van der Waals surface area contributed by atoms with E-state index in [-0.39, 0.29) is 0 Å². The quantitative estimate of drug-likeness (QED) is 0.869. The Bertz CT molecular complexity index is 389. The molecule has 0 spiro atoms. The molecule has 0 aromatic heterocycles. The minimum atomic E-state index is -0.593. The molecule has 1 aromatic carbocycles. The molecule has 0 aliphatic heterocycles. The Labute approximate surface area is 112 Å². The second kappa shape index (κ2) is 5.47. The molecule has 2 rings (SSSR count). The van der Waals surface area contributed by atoms with Crippen LogP contribution in [0.3, 0.4) is 0 Å². The largest absolute Gasteiger partial charge is 0.388 e. The highest BCUT2D eigenvalue weighted by atomic mass is 35.5. The second-order valence-electron chi connectivity index (χ2n) is 4.74. The molecule has 1 aliphatic carbocycles. The molecular weight excluding hydrogens is 257 g/mol. The molecule has 0 radical (unpaired) electrons. The van der Waals surface area contributed by atoms with E-state index in [9.17, 15) is 5.11 Å². The summed E-state index contributed by atoms with van der Waals surface area (Å²) in [5.74, 6) is 0. The lowest BCUT2D eigenvalue weighted by Gasteiger charge is -2.32. The third-order valence-electron chi connectivity index (χ3n) is 3.34. The summed E-state index contributed by atoms with van der Waals surface area (Å²) in [5, 5.41) is 14.6. The Hall–Kier alpha value is -0.440. The number of rotatable bonds is 3. The number of hydrogen-bond donors (Lipinski definition) is 2. The second-order valence-corrected chi connectivity index (χ2v) is 5.53. The minimum Gasteiger partial charge on any atom is -0.388 e. The van der Waals surface area contributed by atoms with E-state index in [1.54, 1.807) is 6.07 Å². The topological polar surface area (TPSA) is 32.3 Å². The molecule has 17 heavy (non-hydrogen) atoms. The molecule has 2 nitrogen and oxygen atoms in total.